The van der Waals surface area contributed by atoms with Gasteiger partial charge in [0.25, 0.3) is 5.91 Å². The molecule has 152 valence electrons. The van der Waals surface area contributed by atoms with E-state index in [-0.39, 0.29) is 16.5 Å². The van der Waals surface area contributed by atoms with Crippen LogP contribution in [0, 0.1) is 13.8 Å². The number of ether oxygens (including phenoxy) is 1. The van der Waals surface area contributed by atoms with E-state index < -0.39 is 16.1 Å². The number of imidazole rings is 1. The zero-order chi connectivity index (χ0) is 20.5. The minimum absolute atomic E-state index is 0.281. The Hall–Kier alpha value is -2.23. The molecule has 0 saturated carbocycles. The summed E-state index contributed by atoms with van der Waals surface area (Å²) >= 11 is 0. The van der Waals surface area contributed by atoms with Gasteiger partial charge in [-0.05, 0) is 44.0 Å². The Labute approximate surface area is 165 Å². The maximum Gasteiger partial charge on any atom is 0.271 e. The molecule has 1 aromatic carbocycles. The average molecular weight is 407 g/mol. The van der Waals surface area contributed by atoms with Crippen molar-refractivity contribution in [3.63, 3.8) is 0 Å². The molecule has 1 unspecified atom stereocenters. The number of aromatic nitrogens is 2. The molecule has 1 aliphatic heterocycles. The summed E-state index contributed by atoms with van der Waals surface area (Å²) in [6, 6.07) is 4.84. The molecule has 2 heterocycles. The number of benzene rings is 1. The highest BCUT2D eigenvalue weighted by molar-refractivity contribution is 7.89. The first-order valence-corrected chi connectivity index (χ1v) is 10.6. The molecule has 0 saturated heterocycles. The molecular weight excluding hydrogens is 380 g/mol. The Morgan fingerprint density at radius 1 is 1.25 bits per heavy atom. The average Bonchev–Trinajstić information content (AvgIpc) is 3.06. The number of hydrogen-bond donors (Lipinski definition) is 1. The van der Waals surface area contributed by atoms with Gasteiger partial charge in [0.05, 0.1) is 17.5 Å². The number of fused-ring (bicyclic) bond motifs is 1. The van der Waals surface area contributed by atoms with Crippen LogP contribution in [0.5, 0.6) is 0 Å². The standard InChI is InChI=1S/C19H26N4O4S/c1-13-9-14(2)11-16(10-13)28(25,26)23-7-6-22-12-17(21-18(22)15(23)3)19(24)20-5-8-27-4/h9-12,15H,5-8H2,1-4H3,(H,20,24). The number of nitrogens with one attached hydrogen (secondary N) is 1. The number of nitrogens with zero attached hydrogens (tertiary/aromatic N) is 3. The van der Waals surface area contributed by atoms with E-state index in [1.165, 1.54) is 4.31 Å². The van der Waals surface area contributed by atoms with Crippen LogP contribution < -0.4 is 5.32 Å². The summed E-state index contributed by atoms with van der Waals surface area (Å²) in [6.45, 7) is 7.13. The third kappa shape index (κ3) is 3.96. The molecule has 9 heteroatoms. The molecule has 2 aromatic rings. The summed E-state index contributed by atoms with van der Waals surface area (Å²) < 4.78 is 34.7. The molecule has 1 atom stereocenters. The highest BCUT2D eigenvalue weighted by atomic mass is 32.2. The predicted octanol–water partition coefficient (Wildman–Crippen LogP) is 1.64. The molecule has 28 heavy (non-hydrogen) atoms. The van der Waals surface area contributed by atoms with Crippen molar-refractivity contribution in [2.75, 3.05) is 26.8 Å². The van der Waals surface area contributed by atoms with E-state index in [0.717, 1.165) is 11.1 Å². The Balaban J connectivity index is 1.86. The highest BCUT2D eigenvalue weighted by Crippen LogP contribution is 2.31. The predicted molar refractivity (Wildman–Crippen MR) is 105 cm³/mol. The van der Waals surface area contributed by atoms with Crippen molar-refractivity contribution in [3.8, 4) is 0 Å². The number of amides is 1. The van der Waals surface area contributed by atoms with Crippen molar-refractivity contribution in [3.05, 3.63) is 47.0 Å². The van der Waals surface area contributed by atoms with Gasteiger partial charge in [-0.2, -0.15) is 4.31 Å². The minimum atomic E-state index is -3.66. The monoisotopic (exact) mass is 406 g/mol. The summed E-state index contributed by atoms with van der Waals surface area (Å²) in [7, 11) is -2.10. The fourth-order valence-corrected chi connectivity index (χ4v) is 5.26. The molecule has 1 aliphatic rings. The van der Waals surface area contributed by atoms with E-state index in [0.29, 0.717) is 32.1 Å². The summed E-state index contributed by atoms with van der Waals surface area (Å²) in [5, 5.41) is 2.73. The van der Waals surface area contributed by atoms with Crippen LogP contribution in [-0.2, 0) is 21.3 Å². The van der Waals surface area contributed by atoms with Crippen LogP contribution in [0.3, 0.4) is 0 Å². The molecule has 0 aliphatic carbocycles. The lowest BCUT2D eigenvalue weighted by Gasteiger charge is -2.32. The quantitative estimate of drug-likeness (QED) is 0.736. The molecule has 0 fully saturated rings. The molecule has 0 spiro atoms. The summed E-state index contributed by atoms with van der Waals surface area (Å²) in [5.74, 6) is 0.269. The van der Waals surface area contributed by atoms with Gasteiger partial charge in [-0.25, -0.2) is 13.4 Å². The van der Waals surface area contributed by atoms with Gasteiger partial charge in [0.2, 0.25) is 10.0 Å². The SMILES string of the molecule is COCCNC(=O)c1cn2c(n1)C(C)N(S(=O)(=O)c1cc(C)cc(C)c1)CC2. The van der Waals surface area contributed by atoms with Gasteiger partial charge in [0, 0.05) is 32.9 Å². The smallest absolute Gasteiger partial charge is 0.271 e. The number of methoxy groups -OCH3 is 1. The van der Waals surface area contributed by atoms with Crippen LogP contribution in [0.15, 0.2) is 29.3 Å². The summed E-state index contributed by atoms with van der Waals surface area (Å²) in [4.78, 5) is 16.9. The van der Waals surface area contributed by atoms with Crippen LogP contribution in [0.1, 0.15) is 40.4 Å². The van der Waals surface area contributed by atoms with E-state index in [1.807, 2.05) is 24.5 Å². The van der Waals surface area contributed by atoms with Gasteiger partial charge in [0.1, 0.15) is 11.5 Å². The van der Waals surface area contributed by atoms with Gasteiger partial charge >= 0.3 is 0 Å². The maximum absolute atomic E-state index is 13.2. The van der Waals surface area contributed by atoms with Gasteiger partial charge in [-0.15, -0.1) is 0 Å². The first kappa shape index (κ1) is 20.5. The fourth-order valence-electron chi connectivity index (χ4n) is 3.48. The number of carbonyl (C=O) groups is 1. The van der Waals surface area contributed by atoms with Crippen molar-refractivity contribution >= 4 is 15.9 Å². The molecule has 1 N–H and O–H groups in total. The van der Waals surface area contributed by atoms with Crippen LogP contribution in [0.2, 0.25) is 0 Å². The summed E-state index contributed by atoms with van der Waals surface area (Å²) in [5.41, 5.74) is 2.09. The highest BCUT2D eigenvalue weighted by Gasteiger charge is 2.36. The third-order valence-corrected chi connectivity index (χ3v) is 6.75. The minimum Gasteiger partial charge on any atom is -0.383 e. The Kier molecular flexibility index (Phi) is 5.87. The normalized spacial score (nSPS) is 17.4. The number of hydrogen-bond acceptors (Lipinski definition) is 5. The van der Waals surface area contributed by atoms with E-state index in [1.54, 1.807) is 32.4 Å². The number of carbonyl (C=O) groups excluding carboxylic acids is 1. The first-order valence-electron chi connectivity index (χ1n) is 9.18. The lowest BCUT2D eigenvalue weighted by molar-refractivity contribution is 0.0932. The van der Waals surface area contributed by atoms with Crippen molar-refractivity contribution in [1.82, 2.24) is 19.2 Å². The van der Waals surface area contributed by atoms with Gasteiger partial charge in [-0.3, -0.25) is 4.79 Å². The zero-order valence-corrected chi connectivity index (χ0v) is 17.4. The van der Waals surface area contributed by atoms with Crippen molar-refractivity contribution < 1.29 is 17.9 Å². The molecular formula is C19H26N4O4S. The van der Waals surface area contributed by atoms with Crippen LogP contribution >= 0.6 is 0 Å². The molecule has 1 amide bonds. The lowest BCUT2D eigenvalue weighted by atomic mass is 10.2. The van der Waals surface area contributed by atoms with Gasteiger partial charge in [0.15, 0.2) is 0 Å². The Morgan fingerprint density at radius 2 is 1.93 bits per heavy atom. The van der Waals surface area contributed by atoms with Gasteiger partial charge in [-0.1, -0.05) is 6.07 Å². The van der Waals surface area contributed by atoms with Crippen molar-refractivity contribution in [2.24, 2.45) is 0 Å². The fraction of sp³-hybridized carbons (Fsp3) is 0.474. The molecule has 3 rings (SSSR count). The first-order chi connectivity index (χ1) is 13.2. The molecule has 0 bridgehead atoms. The largest absolute Gasteiger partial charge is 0.383 e. The number of sulfonamides is 1. The molecule has 1 aromatic heterocycles. The topological polar surface area (TPSA) is 93.5 Å². The van der Waals surface area contributed by atoms with Crippen LogP contribution in [0.4, 0.5) is 0 Å². The Morgan fingerprint density at radius 3 is 2.57 bits per heavy atom. The van der Waals surface area contributed by atoms with E-state index >= 15 is 0 Å². The van der Waals surface area contributed by atoms with Gasteiger partial charge < -0.3 is 14.6 Å². The Bertz CT molecular complexity index is 964. The van der Waals surface area contributed by atoms with Crippen LogP contribution in [0.25, 0.3) is 0 Å². The van der Waals surface area contributed by atoms with Crippen LogP contribution in [-0.4, -0.2) is 55.0 Å². The number of aryl methyl sites for hydroxylation is 2. The van der Waals surface area contributed by atoms with E-state index in [2.05, 4.69) is 10.3 Å². The number of rotatable bonds is 6. The summed E-state index contributed by atoms with van der Waals surface area (Å²) in [6.07, 6.45) is 1.68. The van der Waals surface area contributed by atoms with Crippen molar-refractivity contribution in [1.29, 1.82) is 0 Å². The molecule has 0 radical (unpaired) electrons. The zero-order valence-electron chi connectivity index (χ0n) is 16.6. The lowest BCUT2D eigenvalue weighted by Crippen LogP contribution is -2.41. The second-order valence-electron chi connectivity index (χ2n) is 7.04. The second kappa shape index (κ2) is 8.02. The van der Waals surface area contributed by atoms with E-state index in [4.69, 9.17) is 4.74 Å². The second-order valence-corrected chi connectivity index (χ2v) is 8.93. The maximum atomic E-state index is 13.2. The van der Waals surface area contributed by atoms with Crippen molar-refractivity contribution in [2.45, 2.75) is 38.3 Å². The van der Waals surface area contributed by atoms with E-state index in [9.17, 15) is 13.2 Å². The molecule has 8 nitrogen and oxygen atoms in total. The third-order valence-electron chi connectivity index (χ3n) is 4.80.